The molecule has 5 nitrogen and oxygen atoms in total. The van der Waals surface area contributed by atoms with E-state index in [1.807, 2.05) is 12.1 Å². The highest BCUT2D eigenvalue weighted by Crippen LogP contribution is 2.27. The van der Waals surface area contributed by atoms with Gasteiger partial charge in [-0.2, -0.15) is 0 Å². The smallest absolute Gasteiger partial charge is 0.325 e. The molecule has 0 spiro atoms. The molecule has 0 aliphatic carbocycles. The van der Waals surface area contributed by atoms with Crippen LogP contribution in [0.15, 0.2) is 30.6 Å². The van der Waals surface area contributed by atoms with Crippen molar-refractivity contribution in [3.05, 3.63) is 30.6 Å². The van der Waals surface area contributed by atoms with Gasteiger partial charge in [0.05, 0.1) is 6.61 Å². The van der Waals surface area contributed by atoms with E-state index in [2.05, 4.69) is 10.3 Å². The fourth-order valence-corrected chi connectivity index (χ4v) is 1.75. The van der Waals surface area contributed by atoms with Crippen LogP contribution in [0.3, 0.4) is 0 Å². The highest BCUT2D eigenvalue weighted by Gasteiger charge is 2.06. The Morgan fingerprint density at radius 2 is 2.22 bits per heavy atom. The number of nitrogens with zero attached hydrogens (tertiary/aromatic N) is 1. The summed E-state index contributed by atoms with van der Waals surface area (Å²) in [4.78, 5) is 15.4. The number of carbonyl (C=O) groups is 1. The molecule has 0 bridgehead atoms. The first-order valence-corrected chi connectivity index (χ1v) is 5.74. The van der Waals surface area contributed by atoms with Crippen LogP contribution in [-0.4, -0.2) is 24.1 Å². The van der Waals surface area contributed by atoms with E-state index in [0.29, 0.717) is 12.3 Å². The third kappa shape index (κ3) is 2.51. The largest absolute Gasteiger partial charge is 0.465 e. The van der Waals surface area contributed by atoms with E-state index in [1.54, 1.807) is 25.4 Å². The molecule has 1 aromatic carbocycles. The van der Waals surface area contributed by atoms with Gasteiger partial charge in [0.1, 0.15) is 6.54 Å². The average Bonchev–Trinajstić information content (AvgIpc) is 2.39. The Labute approximate surface area is 105 Å². The lowest BCUT2D eigenvalue weighted by molar-refractivity contribution is -0.140. The van der Waals surface area contributed by atoms with E-state index in [1.165, 1.54) is 0 Å². The number of benzene rings is 1. The van der Waals surface area contributed by atoms with Crippen molar-refractivity contribution in [3.8, 4) is 0 Å². The number of esters is 1. The number of anilines is 2. The number of nitrogens with two attached hydrogens (primary N) is 1. The lowest BCUT2D eigenvalue weighted by Gasteiger charge is -2.10. The average molecular weight is 245 g/mol. The first-order chi connectivity index (χ1) is 8.72. The molecule has 0 unspecified atom stereocenters. The number of nitrogen functional groups attached to an aromatic ring is 1. The molecule has 2 aromatic rings. The molecule has 18 heavy (non-hydrogen) atoms. The van der Waals surface area contributed by atoms with Crippen LogP contribution >= 0.6 is 0 Å². The minimum absolute atomic E-state index is 0.127. The Kier molecular flexibility index (Phi) is 3.62. The quantitative estimate of drug-likeness (QED) is 0.634. The van der Waals surface area contributed by atoms with Gasteiger partial charge in [0.2, 0.25) is 0 Å². The van der Waals surface area contributed by atoms with Crippen molar-refractivity contribution in [3.63, 3.8) is 0 Å². The van der Waals surface area contributed by atoms with Crippen molar-refractivity contribution in [2.75, 3.05) is 24.2 Å². The van der Waals surface area contributed by atoms with Crippen molar-refractivity contribution in [1.29, 1.82) is 0 Å². The van der Waals surface area contributed by atoms with Gasteiger partial charge in [-0.05, 0) is 25.1 Å². The van der Waals surface area contributed by atoms with E-state index >= 15 is 0 Å². The number of rotatable bonds is 4. The number of hydrogen-bond donors (Lipinski definition) is 2. The van der Waals surface area contributed by atoms with Crippen LogP contribution in [0.1, 0.15) is 6.92 Å². The third-order valence-corrected chi connectivity index (χ3v) is 2.58. The summed E-state index contributed by atoms with van der Waals surface area (Å²) in [5.41, 5.74) is 7.39. The molecule has 0 saturated heterocycles. The Balaban J connectivity index is 2.24. The van der Waals surface area contributed by atoms with Gasteiger partial charge in [0.25, 0.3) is 0 Å². The van der Waals surface area contributed by atoms with Crippen molar-refractivity contribution >= 4 is 28.1 Å². The summed E-state index contributed by atoms with van der Waals surface area (Å²) in [6.45, 7) is 2.28. The summed E-state index contributed by atoms with van der Waals surface area (Å²) in [7, 11) is 0. The summed E-state index contributed by atoms with van der Waals surface area (Å²) >= 11 is 0. The van der Waals surface area contributed by atoms with Crippen LogP contribution in [0.4, 0.5) is 11.4 Å². The summed E-state index contributed by atoms with van der Waals surface area (Å²) < 4.78 is 4.86. The predicted octanol–water partition coefficient (Wildman–Crippen LogP) is 1.79. The lowest BCUT2D eigenvalue weighted by atomic mass is 10.1. The maximum absolute atomic E-state index is 11.3. The fourth-order valence-electron chi connectivity index (χ4n) is 1.75. The number of nitrogens with one attached hydrogen (secondary N) is 1. The van der Waals surface area contributed by atoms with E-state index in [-0.39, 0.29) is 12.5 Å². The third-order valence-electron chi connectivity index (χ3n) is 2.58. The maximum atomic E-state index is 11.3. The highest BCUT2D eigenvalue weighted by molar-refractivity contribution is 6.01. The minimum Gasteiger partial charge on any atom is -0.465 e. The summed E-state index contributed by atoms with van der Waals surface area (Å²) in [6.07, 6.45) is 3.41. The maximum Gasteiger partial charge on any atom is 0.325 e. The number of pyridine rings is 1. The van der Waals surface area contributed by atoms with Crippen LogP contribution < -0.4 is 11.1 Å². The van der Waals surface area contributed by atoms with E-state index in [9.17, 15) is 4.79 Å². The molecule has 94 valence electrons. The van der Waals surface area contributed by atoms with E-state index in [4.69, 9.17) is 10.5 Å². The summed E-state index contributed by atoms with van der Waals surface area (Å²) in [5.74, 6) is -0.286. The van der Waals surface area contributed by atoms with Gasteiger partial charge in [-0.1, -0.05) is 0 Å². The second-order valence-electron chi connectivity index (χ2n) is 3.78. The molecule has 2 rings (SSSR count). The standard InChI is InChI=1S/C13H15N3O2/c1-2-18-13(17)8-16-12-4-3-11(14)9-5-6-15-7-10(9)12/h3-7,16H,2,8,14H2,1H3. The molecule has 0 aliphatic heterocycles. The number of hydrogen-bond acceptors (Lipinski definition) is 5. The first kappa shape index (κ1) is 12.2. The molecular formula is C13H15N3O2. The molecule has 0 aliphatic rings. The predicted molar refractivity (Wildman–Crippen MR) is 71.3 cm³/mol. The SMILES string of the molecule is CCOC(=O)CNc1ccc(N)c2ccncc12. The number of carbonyl (C=O) groups excluding carboxylic acids is 1. The molecule has 0 fully saturated rings. The fraction of sp³-hybridized carbons (Fsp3) is 0.231. The van der Waals surface area contributed by atoms with Gasteiger partial charge < -0.3 is 15.8 Å². The molecule has 0 radical (unpaired) electrons. The van der Waals surface area contributed by atoms with Gasteiger partial charge in [-0.3, -0.25) is 9.78 Å². The van der Waals surface area contributed by atoms with Crippen molar-refractivity contribution in [2.24, 2.45) is 0 Å². The molecular weight excluding hydrogens is 230 g/mol. The zero-order chi connectivity index (χ0) is 13.0. The van der Waals surface area contributed by atoms with Crippen LogP contribution in [0.25, 0.3) is 10.8 Å². The molecule has 0 atom stereocenters. The lowest BCUT2D eigenvalue weighted by Crippen LogP contribution is -2.16. The van der Waals surface area contributed by atoms with Crippen molar-refractivity contribution < 1.29 is 9.53 Å². The number of aromatic nitrogens is 1. The van der Waals surface area contributed by atoms with Crippen LogP contribution in [0, 0.1) is 0 Å². The Hall–Kier alpha value is -2.30. The first-order valence-electron chi connectivity index (χ1n) is 5.74. The van der Waals surface area contributed by atoms with Crippen molar-refractivity contribution in [2.45, 2.75) is 6.92 Å². The van der Waals surface area contributed by atoms with Gasteiger partial charge in [-0.25, -0.2) is 0 Å². The van der Waals surface area contributed by atoms with Gasteiger partial charge in [0.15, 0.2) is 0 Å². The second-order valence-corrected chi connectivity index (χ2v) is 3.78. The Morgan fingerprint density at radius 3 is 3.00 bits per heavy atom. The Bertz CT molecular complexity index is 569. The zero-order valence-corrected chi connectivity index (χ0v) is 10.1. The van der Waals surface area contributed by atoms with E-state index < -0.39 is 0 Å². The van der Waals surface area contributed by atoms with Crippen LogP contribution in [0.2, 0.25) is 0 Å². The van der Waals surface area contributed by atoms with Crippen LogP contribution in [-0.2, 0) is 9.53 Å². The number of ether oxygens (including phenoxy) is 1. The molecule has 1 heterocycles. The summed E-state index contributed by atoms with van der Waals surface area (Å²) in [6, 6.07) is 5.48. The van der Waals surface area contributed by atoms with Crippen molar-refractivity contribution in [1.82, 2.24) is 4.98 Å². The normalized spacial score (nSPS) is 10.3. The van der Waals surface area contributed by atoms with Gasteiger partial charge in [-0.15, -0.1) is 0 Å². The second kappa shape index (κ2) is 5.35. The molecule has 5 heteroatoms. The summed E-state index contributed by atoms with van der Waals surface area (Å²) in [5, 5.41) is 4.84. The Morgan fingerprint density at radius 1 is 1.39 bits per heavy atom. The molecule has 0 saturated carbocycles. The van der Waals surface area contributed by atoms with Crippen LogP contribution in [0.5, 0.6) is 0 Å². The minimum atomic E-state index is -0.286. The molecule has 0 amide bonds. The molecule has 1 aromatic heterocycles. The number of fused-ring (bicyclic) bond motifs is 1. The van der Waals surface area contributed by atoms with Gasteiger partial charge >= 0.3 is 5.97 Å². The topological polar surface area (TPSA) is 77.2 Å². The zero-order valence-electron chi connectivity index (χ0n) is 10.1. The monoisotopic (exact) mass is 245 g/mol. The highest BCUT2D eigenvalue weighted by atomic mass is 16.5. The van der Waals surface area contributed by atoms with E-state index in [0.717, 1.165) is 16.5 Å². The molecule has 3 N–H and O–H groups in total. The van der Waals surface area contributed by atoms with Gasteiger partial charge in [0, 0.05) is 34.5 Å².